The third-order valence-corrected chi connectivity index (χ3v) is 5.91. The van der Waals surface area contributed by atoms with E-state index in [0.717, 1.165) is 6.42 Å². The Labute approximate surface area is 145 Å². The molecule has 2 N–H and O–H groups in total. The Morgan fingerprint density at radius 1 is 1.08 bits per heavy atom. The zero-order chi connectivity index (χ0) is 17.7. The molecule has 0 heterocycles. The lowest BCUT2D eigenvalue weighted by atomic mass is 9.62. The summed E-state index contributed by atoms with van der Waals surface area (Å²) in [6.07, 6.45) is 5.09. The number of ether oxygens (including phenoxy) is 2. The second-order valence-corrected chi connectivity index (χ2v) is 7.05. The second-order valence-electron chi connectivity index (χ2n) is 7.05. The monoisotopic (exact) mass is 343 g/mol. The molecule has 1 aromatic carbocycles. The Morgan fingerprint density at radius 3 is 2.36 bits per heavy atom. The minimum absolute atomic E-state index is 0.0142. The smallest absolute Gasteiger partial charge is 0.307 e. The van der Waals surface area contributed by atoms with E-state index in [-0.39, 0.29) is 17.7 Å². The highest BCUT2D eigenvalue weighted by Gasteiger charge is 2.63. The van der Waals surface area contributed by atoms with Crippen molar-refractivity contribution >= 4 is 17.6 Å². The number of hydrogen-bond acceptors (Lipinski definition) is 4. The van der Waals surface area contributed by atoms with Crippen molar-refractivity contribution in [1.82, 2.24) is 0 Å². The number of benzene rings is 1. The third-order valence-electron chi connectivity index (χ3n) is 5.91. The molecule has 5 rings (SSSR count). The molecule has 6 nitrogen and oxygen atoms in total. The van der Waals surface area contributed by atoms with Gasteiger partial charge in [0.25, 0.3) is 0 Å². The predicted octanol–water partition coefficient (Wildman–Crippen LogP) is 2.41. The van der Waals surface area contributed by atoms with Gasteiger partial charge in [-0.15, -0.1) is 0 Å². The van der Waals surface area contributed by atoms with Gasteiger partial charge in [0.1, 0.15) is 11.5 Å². The molecule has 2 fully saturated rings. The van der Waals surface area contributed by atoms with Gasteiger partial charge in [-0.3, -0.25) is 9.59 Å². The zero-order valence-corrected chi connectivity index (χ0v) is 14.1. The maximum absolute atomic E-state index is 13.0. The van der Waals surface area contributed by atoms with E-state index in [0.29, 0.717) is 29.0 Å². The van der Waals surface area contributed by atoms with E-state index in [1.165, 1.54) is 7.11 Å². The molecule has 25 heavy (non-hydrogen) atoms. The Bertz CT molecular complexity index is 758. The second kappa shape index (κ2) is 5.79. The summed E-state index contributed by atoms with van der Waals surface area (Å²) < 4.78 is 10.5. The quantitative estimate of drug-likeness (QED) is 0.802. The minimum atomic E-state index is -0.883. The van der Waals surface area contributed by atoms with Gasteiger partial charge in [-0.1, -0.05) is 12.2 Å². The standard InChI is InChI=1S/C19H21NO5/c1-24-9-3-6-14(15(7-9)25-2)20-18(21)16-10-4-5-11(13-8-12(10)13)17(16)19(22)23/h3-7,10-13,16-17H,8H2,1-2H3,(H,20,21)(H,22,23)/t10-,11-,12-,13-,16+,17+/m1/s1. The fraction of sp³-hybridized carbons (Fsp3) is 0.474. The number of nitrogens with one attached hydrogen (secondary N) is 1. The first-order valence-corrected chi connectivity index (χ1v) is 8.49. The molecular weight excluding hydrogens is 322 g/mol. The normalized spacial score (nSPS) is 34.2. The molecule has 2 saturated carbocycles. The highest BCUT2D eigenvalue weighted by molar-refractivity contribution is 5.97. The van der Waals surface area contributed by atoms with Crippen molar-refractivity contribution < 1.29 is 24.2 Å². The highest BCUT2D eigenvalue weighted by Crippen LogP contribution is 2.63. The van der Waals surface area contributed by atoms with Crippen molar-refractivity contribution in [2.24, 2.45) is 35.5 Å². The van der Waals surface area contributed by atoms with Crippen LogP contribution in [0.1, 0.15) is 6.42 Å². The minimum Gasteiger partial charge on any atom is -0.497 e. The Balaban J connectivity index is 1.60. The summed E-state index contributed by atoms with van der Waals surface area (Å²) >= 11 is 0. The van der Waals surface area contributed by atoms with Crippen LogP contribution in [0.3, 0.4) is 0 Å². The van der Waals surface area contributed by atoms with Crippen LogP contribution in [0.4, 0.5) is 5.69 Å². The third kappa shape index (κ3) is 2.47. The van der Waals surface area contributed by atoms with Gasteiger partial charge >= 0.3 is 5.97 Å². The van der Waals surface area contributed by atoms with E-state index in [2.05, 4.69) is 5.32 Å². The van der Waals surface area contributed by atoms with Crippen LogP contribution in [-0.2, 0) is 9.59 Å². The average molecular weight is 343 g/mol. The first-order chi connectivity index (χ1) is 12.0. The SMILES string of the molecule is COc1ccc(NC(=O)[C@H]2[C@@H]3C=C[C@H]([C@H]4C[C@H]34)[C@@H]2C(=O)O)c(OC)c1. The number of amides is 1. The van der Waals surface area contributed by atoms with E-state index in [1.807, 2.05) is 12.2 Å². The average Bonchev–Trinajstić information content (AvgIpc) is 3.43. The molecule has 0 unspecified atom stereocenters. The number of rotatable bonds is 5. The van der Waals surface area contributed by atoms with Gasteiger partial charge in [0.2, 0.25) is 5.91 Å². The summed E-state index contributed by atoms with van der Waals surface area (Å²) in [5.74, 6) is -0.326. The Morgan fingerprint density at radius 2 is 1.76 bits per heavy atom. The van der Waals surface area contributed by atoms with Crippen LogP contribution < -0.4 is 14.8 Å². The van der Waals surface area contributed by atoms with Crippen LogP contribution >= 0.6 is 0 Å². The van der Waals surface area contributed by atoms with Crippen LogP contribution in [0.5, 0.6) is 11.5 Å². The predicted molar refractivity (Wildman–Crippen MR) is 90.5 cm³/mol. The fourth-order valence-electron chi connectivity index (χ4n) is 4.69. The number of anilines is 1. The first kappa shape index (κ1) is 16.0. The molecular formula is C19H21NO5. The van der Waals surface area contributed by atoms with E-state index < -0.39 is 17.8 Å². The van der Waals surface area contributed by atoms with E-state index in [1.54, 1.807) is 25.3 Å². The molecule has 2 bridgehead atoms. The number of carbonyl (C=O) groups is 2. The Hall–Kier alpha value is -2.50. The molecule has 0 aromatic heterocycles. The fourth-order valence-corrected chi connectivity index (χ4v) is 4.69. The summed E-state index contributed by atoms with van der Waals surface area (Å²) in [6, 6.07) is 5.13. The van der Waals surface area contributed by atoms with Crippen molar-refractivity contribution in [1.29, 1.82) is 0 Å². The Kier molecular flexibility index (Phi) is 3.71. The lowest BCUT2D eigenvalue weighted by Gasteiger charge is -2.41. The number of hydrogen-bond donors (Lipinski definition) is 2. The zero-order valence-electron chi connectivity index (χ0n) is 14.1. The lowest BCUT2D eigenvalue weighted by Crippen LogP contribution is -2.48. The molecule has 6 atom stereocenters. The molecule has 0 radical (unpaired) electrons. The molecule has 132 valence electrons. The van der Waals surface area contributed by atoms with Gasteiger partial charge in [0.05, 0.1) is 31.7 Å². The van der Waals surface area contributed by atoms with Gasteiger partial charge in [-0.25, -0.2) is 0 Å². The summed E-state index contributed by atoms with van der Waals surface area (Å²) in [7, 11) is 3.08. The number of allylic oxidation sites excluding steroid dienone is 2. The maximum Gasteiger partial charge on any atom is 0.307 e. The molecule has 0 spiro atoms. The molecule has 4 aliphatic rings. The number of carbonyl (C=O) groups excluding carboxylic acids is 1. The van der Waals surface area contributed by atoms with E-state index >= 15 is 0 Å². The van der Waals surface area contributed by atoms with Crippen LogP contribution in [0.15, 0.2) is 30.4 Å². The molecule has 6 heteroatoms. The highest BCUT2D eigenvalue weighted by atomic mass is 16.5. The molecule has 0 aliphatic heterocycles. The van der Waals surface area contributed by atoms with Gasteiger partial charge in [-0.2, -0.15) is 0 Å². The summed E-state index contributed by atoms with van der Waals surface area (Å²) in [4.78, 5) is 24.8. The van der Waals surface area contributed by atoms with Crippen molar-refractivity contribution in [3.63, 3.8) is 0 Å². The van der Waals surface area contributed by atoms with Gasteiger partial charge in [0.15, 0.2) is 0 Å². The van der Waals surface area contributed by atoms with Gasteiger partial charge in [-0.05, 0) is 42.2 Å². The summed E-state index contributed by atoms with van der Waals surface area (Å²) in [5.41, 5.74) is 0.523. The lowest BCUT2D eigenvalue weighted by molar-refractivity contribution is -0.152. The van der Waals surface area contributed by atoms with Crippen molar-refractivity contribution in [2.75, 3.05) is 19.5 Å². The number of carboxylic acid groups (broad SMARTS) is 1. The van der Waals surface area contributed by atoms with Crippen LogP contribution in [0.25, 0.3) is 0 Å². The number of methoxy groups -OCH3 is 2. The first-order valence-electron chi connectivity index (χ1n) is 8.49. The summed E-state index contributed by atoms with van der Waals surface area (Å²) in [5, 5.41) is 12.6. The number of aliphatic carboxylic acids is 1. The maximum atomic E-state index is 13.0. The van der Waals surface area contributed by atoms with E-state index in [4.69, 9.17) is 9.47 Å². The van der Waals surface area contributed by atoms with Gasteiger partial charge < -0.3 is 19.9 Å². The van der Waals surface area contributed by atoms with Crippen molar-refractivity contribution in [3.8, 4) is 11.5 Å². The molecule has 4 aliphatic carbocycles. The summed E-state index contributed by atoms with van der Waals surface area (Å²) in [6.45, 7) is 0. The van der Waals surface area contributed by atoms with Crippen molar-refractivity contribution in [3.05, 3.63) is 30.4 Å². The van der Waals surface area contributed by atoms with E-state index in [9.17, 15) is 14.7 Å². The van der Waals surface area contributed by atoms with Crippen molar-refractivity contribution in [2.45, 2.75) is 6.42 Å². The van der Waals surface area contributed by atoms with Crippen LogP contribution in [-0.4, -0.2) is 31.2 Å². The largest absolute Gasteiger partial charge is 0.497 e. The van der Waals surface area contributed by atoms with Gasteiger partial charge in [0, 0.05) is 6.07 Å². The number of fused-ring (bicyclic) bond motifs is 1. The number of carboxylic acids is 1. The molecule has 1 aromatic rings. The molecule has 0 saturated heterocycles. The van der Waals surface area contributed by atoms with Crippen LogP contribution in [0.2, 0.25) is 0 Å². The van der Waals surface area contributed by atoms with Crippen LogP contribution in [0, 0.1) is 35.5 Å². The topological polar surface area (TPSA) is 84.9 Å². The molecule has 1 amide bonds.